The zero-order valence-corrected chi connectivity index (χ0v) is 10.8. The summed E-state index contributed by atoms with van der Waals surface area (Å²) in [6.45, 7) is 7.33. The molecule has 0 unspecified atom stereocenters. The fourth-order valence-corrected chi connectivity index (χ4v) is 2.19. The molecule has 0 atom stereocenters. The number of nitrogens with two attached hydrogens (primary N) is 1. The summed E-state index contributed by atoms with van der Waals surface area (Å²) in [6.07, 6.45) is 3.35. The minimum Gasteiger partial charge on any atom is -0.326 e. The summed E-state index contributed by atoms with van der Waals surface area (Å²) >= 11 is 0. The van der Waals surface area contributed by atoms with E-state index in [1.54, 1.807) is 0 Å². The lowest BCUT2D eigenvalue weighted by Gasteiger charge is -2.15. The van der Waals surface area contributed by atoms with E-state index >= 15 is 0 Å². The lowest BCUT2D eigenvalue weighted by molar-refractivity contribution is 0.933. The number of rotatable bonds is 4. The highest BCUT2D eigenvalue weighted by Gasteiger charge is 2.08. The average molecular weight is 228 g/mol. The fraction of sp³-hybridized carbons (Fsp3) is 0.538. The first-order chi connectivity index (χ1) is 6.78. The maximum Gasteiger partial charge on any atom is 0.0180 e. The molecule has 15 heavy (non-hydrogen) atoms. The zero-order chi connectivity index (χ0) is 10.6. The van der Waals surface area contributed by atoms with Crippen molar-refractivity contribution in [3.8, 4) is 0 Å². The molecule has 1 nitrogen and oxygen atoms in total. The van der Waals surface area contributed by atoms with Crippen LogP contribution in [0.25, 0.3) is 0 Å². The second-order valence-corrected chi connectivity index (χ2v) is 3.61. The Bertz CT molecular complexity index is 277. The molecule has 0 aliphatic carbocycles. The van der Waals surface area contributed by atoms with E-state index < -0.39 is 0 Å². The van der Waals surface area contributed by atoms with Crippen molar-refractivity contribution in [1.82, 2.24) is 0 Å². The summed E-state index contributed by atoms with van der Waals surface area (Å²) in [6, 6.07) is 4.43. The largest absolute Gasteiger partial charge is 0.326 e. The molecule has 0 aliphatic heterocycles. The van der Waals surface area contributed by atoms with Crippen LogP contribution in [0.2, 0.25) is 0 Å². The third-order valence-corrected chi connectivity index (χ3v) is 2.93. The summed E-state index contributed by atoms with van der Waals surface area (Å²) in [5.41, 5.74) is 11.6. The van der Waals surface area contributed by atoms with Crippen LogP contribution in [-0.4, -0.2) is 0 Å². The van der Waals surface area contributed by atoms with Crippen LogP contribution < -0.4 is 5.73 Å². The Balaban J connectivity index is 0.00000196. The van der Waals surface area contributed by atoms with Crippen molar-refractivity contribution >= 4 is 12.4 Å². The first kappa shape index (κ1) is 14.5. The van der Waals surface area contributed by atoms with E-state index in [0.29, 0.717) is 6.54 Å². The molecule has 1 rings (SSSR count). The molecular formula is C13H22ClN. The molecule has 0 fully saturated rings. The molecule has 2 N–H and O–H groups in total. The van der Waals surface area contributed by atoms with Gasteiger partial charge in [-0.1, -0.05) is 32.9 Å². The van der Waals surface area contributed by atoms with Gasteiger partial charge in [0, 0.05) is 6.54 Å². The maximum absolute atomic E-state index is 5.74. The van der Waals surface area contributed by atoms with Gasteiger partial charge in [0.05, 0.1) is 0 Å². The summed E-state index contributed by atoms with van der Waals surface area (Å²) < 4.78 is 0. The smallest absolute Gasteiger partial charge is 0.0180 e. The van der Waals surface area contributed by atoms with Gasteiger partial charge in [0.1, 0.15) is 0 Å². The molecule has 0 radical (unpaired) electrons. The molecule has 0 bridgehead atoms. The molecule has 86 valence electrons. The molecule has 0 amide bonds. The number of hydrogen-bond acceptors (Lipinski definition) is 1. The van der Waals surface area contributed by atoms with Gasteiger partial charge in [-0.25, -0.2) is 0 Å². The quantitative estimate of drug-likeness (QED) is 0.840. The van der Waals surface area contributed by atoms with Crippen molar-refractivity contribution in [3.05, 3.63) is 34.4 Å². The number of benzene rings is 1. The predicted octanol–water partition coefficient (Wildman–Crippen LogP) is 3.25. The van der Waals surface area contributed by atoms with Gasteiger partial charge >= 0.3 is 0 Å². The molecule has 0 heterocycles. The van der Waals surface area contributed by atoms with Crippen LogP contribution >= 0.6 is 12.4 Å². The second-order valence-electron chi connectivity index (χ2n) is 3.61. The van der Waals surface area contributed by atoms with Crippen LogP contribution in [0.3, 0.4) is 0 Å². The Hall–Kier alpha value is -0.530. The molecule has 2 heteroatoms. The van der Waals surface area contributed by atoms with Crippen molar-refractivity contribution in [2.45, 2.75) is 46.6 Å². The van der Waals surface area contributed by atoms with Gasteiger partial charge in [0.15, 0.2) is 0 Å². The summed E-state index contributed by atoms with van der Waals surface area (Å²) in [5.74, 6) is 0. The van der Waals surface area contributed by atoms with Gasteiger partial charge in [0.2, 0.25) is 0 Å². The third kappa shape index (κ3) is 2.96. The van der Waals surface area contributed by atoms with Gasteiger partial charge in [-0.15, -0.1) is 12.4 Å². The van der Waals surface area contributed by atoms with Crippen molar-refractivity contribution in [3.63, 3.8) is 0 Å². The number of halogens is 1. The molecule has 0 aliphatic rings. The molecule has 0 saturated carbocycles. The number of hydrogen-bond donors (Lipinski definition) is 1. The van der Waals surface area contributed by atoms with Crippen LogP contribution in [0.4, 0.5) is 0 Å². The highest BCUT2D eigenvalue weighted by Crippen LogP contribution is 2.21. The van der Waals surface area contributed by atoms with Crippen molar-refractivity contribution in [2.24, 2.45) is 5.73 Å². The highest BCUT2D eigenvalue weighted by atomic mass is 35.5. The first-order valence-corrected chi connectivity index (χ1v) is 5.60. The summed E-state index contributed by atoms with van der Waals surface area (Å²) in [7, 11) is 0. The monoisotopic (exact) mass is 227 g/mol. The van der Waals surface area contributed by atoms with E-state index in [0.717, 1.165) is 19.3 Å². The molecule has 0 saturated heterocycles. The lowest BCUT2D eigenvalue weighted by Crippen LogP contribution is -2.06. The van der Waals surface area contributed by atoms with Gasteiger partial charge in [0.25, 0.3) is 0 Å². The van der Waals surface area contributed by atoms with Crippen LogP contribution in [0.1, 0.15) is 43.0 Å². The predicted molar refractivity (Wildman–Crippen MR) is 69.7 cm³/mol. The summed E-state index contributed by atoms with van der Waals surface area (Å²) in [5, 5.41) is 0. The number of aryl methyl sites for hydroxylation is 1. The van der Waals surface area contributed by atoms with Crippen LogP contribution in [-0.2, 0) is 25.8 Å². The minimum atomic E-state index is 0. The van der Waals surface area contributed by atoms with E-state index in [9.17, 15) is 0 Å². The molecule has 1 aromatic rings. The normalized spacial score (nSPS) is 9.87. The molecule has 0 spiro atoms. The molecular weight excluding hydrogens is 206 g/mol. The van der Waals surface area contributed by atoms with E-state index in [-0.39, 0.29) is 12.4 Å². The summed E-state index contributed by atoms with van der Waals surface area (Å²) in [4.78, 5) is 0. The Morgan fingerprint density at radius 3 is 1.73 bits per heavy atom. The highest BCUT2D eigenvalue weighted by molar-refractivity contribution is 5.85. The topological polar surface area (TPSA) is 26.0 Å². The second kappa shape index (κ2) is 6.86. The molecule has 0 aromatic heterocycles. The van der Waals surface area contributed by atoms with E-state index in [1.807, 2.05) is 0 Å². The van der Waals surface area contributed by atoms with Crippen molar-refractivity contribution in [2.75, 3.05) is 0 Å². The minimum absolute atomic E-state index is 0. The van der Waals surface area contributed by atoms with Gasteiger partial charge in [-0.3, -0.25) is 0 Å². The Labute approximate surface area is 99.5 Å². The van der Waals surface area contributed by atoms with E-state index in [4.69, 9.17) is 5.73 Å². The van der Waals surface area contributed by atoms with Crippen molar-refractivity contribution < 1.29 is 0 Å². The van der Waals surface area contributed by atoms with Crippen LogP contribution in [0.5, 0.6) is 0 Å². The first-order valence-electron chi connectivity index (χ1n) is 5.60. The Morgan fingerprint density at radius 2 is 1.33 bits per heavy atom. The van der Waals surface area contributed by atoms with E-state index in [1.165, 1.54) is 22.3 Å². The van der Waals surface area contributed by atoms with Gasteiger partial charge in [-0.05, 0) is 41.5 Å². The maximum atomic E-state index is 5.74. The van der Waals surface area contributed by atoms with Gasteiger partial charge in [-0.2, -0.15) is 0 Å². The molecule has 1 aromatic carbocycles. The van der Waals surface area contributed by atoms with E-state index in [2.05, 4.69) is 32.9 Å². The third-order valence-electron chi connectivity index (χ3n) is 2.93. The average Bonchev–Trinajstić information content (AvgIpc) is 2.26. The lowest BCUT2D eigenvalue weighted by atomic mass is 9.91. The van der Waals surface area contributed by atoms with Crippen molar-refractivity contribution in [1.29, 1.82) is 0 Å². The zero-order valence-electron chi connectivity index (χ0n) is 9.97. The standard InChI is InChI=1S/C13H21N.ClH/c1-4-10-7-8-11(9-14)13(6-3)12(10)5-2;/h7-8H,4-6,9,14H2,1-3H3;1H. The Kier molecular flexibility index (Phi) is 6.62. The fourth-order valence-electron chi connectivity index (χ4n) is 2.19. The SMILES string of the molecule is CCc1ccc(CN)c(CC)c1CC.Cl. The Morgan fingerprint density at radius 1 is 0.867 bits per heavy atom. The van der Waals surface area contributed by atoms with Gasteiger partial charge < -0.3 is 5.73 Å². The van der Waals surface area contributed by atoms with Crippen LogP contribution in [0, 0.1) is 0 Å². The van der Waals surface area contributed by atoms with Crippen LogP contribution in [0.15, 0.2) is 12.1 Å².